The van der Waals surface area contributed by atoms with E-state index in [4.69, 9.17) is 11.6 Å². The third-order valence-electron chi connectivity index (χ3n) is 3.47. The van der Waals surface area contributed by atoms with Crippen molar-refractivity contribution < 1.29 is 4.79 Å². The second-order valence-corrected chi connectivity index (χ2v) is 6.25. The minimum atomic E-state index is 0.129. The third-order valence-corrected chi connectivity index (χ3v) is 4.76. The number of hydrogen-bond donors (Lipinski definition) is 1. The van der Waals surface area contributed by atoms with E-state index in [1.807, 2.05) is 18.7 Å². The van der Waals surface area contributed by atoms with Crippen LogP contribution in [0.2, 0.25) is 5.28 Å². The Labute approximate surface area is 134 Å². The van der Waals surface area contributed by atoms with Crippen molar-refractivity contribution in [2.45, 2.75) is 44.6 Å². The summed E-state index contributed by atoms with van der Waals surface area (Å²) in [6.45, 7) is 7.15. The van der Waals surface area contributed by atoms with E-state index in [9.17, 15) is 4.79 Å². The van der Waals surface area contributed by atoms with Crippen molar-refractivity contribution in [3.63, 3.8) is 0 Å². The number of aryl methyl sites for hydroxylation is 1. The smallest absolute Gasteiger partial charge is 0.224 e. The average molecular weight is 329 g/mol. The van der Waals surface area contributed by atoms with E-state index >= 15 is 0 Å². The minimum absolute atomic E-state index is 0.129. The zero-order valence-corrected chi connectivity index (χ0v) is 14.2. The standard InChI is InChI=1S/C12H15ClN4OS.C2H6/c1-7(18)17-4-2-8(6-17)14-11-10-9(3-5-19-10)15-12(13)16-11;1-2/h8H,2-6H2,1H3,(H,14,15,16);1-2H3. The Morgan fingerprint density at radius 3 is 2.86 bits per heavy atom. The second kappa shape index (κ2) is 7.31. The number of nitrogens with one attached hydrogen (secondary N) is 1. The fourth-order valence-corrected chi connectivity index (χ4v) is 3.73. The minimum Gasteiger partial charge on any atom is -0.364 e. The fourth-order valence-electron chi connectivity index (χ4n) is 2.49. The molecule has 3 heterocycles. The quantitative estimate of drug-likeness (QED) is 0.846. The molecule has 1 atom stereocenters. The normalized spacial score (nSPS) is 19.8. The lowest BCUT2D eigenvalue weighted by molar-refractivity contribution is -0.127. The number of amides is 1. The molecule has 1 saturated heterocycles. The molecular formula is C14H21ClN4OS. The molecule has 7 heteroatoms. The molecule has 0 spiro atoms. The van der Waals surface area contributed by atoms with Gasteiger partial charge in [-0.05, 0) is 18.0 Å². The lowest BCUT2D eigenvalue weighted by atomic mass is 10.2. The number of carbonyl (C=O) groups excluding carboxylic acids is 1. The number of nitrogens with zero attached hydrogens (tertiary/aromatic N) is 3. The molecule has 21 heavy (non-hydrogen) atoms. The molecule has 1 unspecified atom stereocenters. The Hall–Kier alpha value is -1.01. The number of halogens is 1. The zero-order chi connectivity index (χ0) is 15.4. The van der Waals surface area contributed by atoms with Crippen LogP contribution in [0.4, 0.5) is 5.82 Å². The van der Waals surface area contributed by atoms with Crippen LogP contribution in [0.25, 0.3) is 0 Å². The maximum Gasteiger partial charge on any atom is 0.224 e. The SMILES string of the molecule is CC.CC(=O)N1CCC(Nc2nc(Cl)nc3c2SCC3)C1. The number of anilines is 1. The van der Waals surface area contributed by atoms with E-state index in [0.29, 0.717) is 5.28 Å². The Morgan fingerprint density at radius 2 is 2.19 bits per heavy atom. The first-order valence-corrected chi connectivity index (χ1v) is 8.71. The molecule has 2 aliphatic rings. The summed E-state index contributed by atoms with van der Waals surface area (Å²) >= 11 is 7.72. The van der Waals surface area contributed by atoms with Crippen LogP contribution in [0, 0.1) is 0 Å². The van der Waals surface area contributed by atoms with Crippen LogP contribution >= 0.6 is 23.4 Å². The molecule has 1 aromatic rings. The molecule has 0 bridgehead atoms. The molecule has 116 valence electrons. The van der Waals surface area contributed by atoms with Crippen molar-refractivity contribution >= 4 is 35.1 Å². The molecular weight excluding hydrogens is 308 g/mol. The largest absolute Gasteiger partial charge is 0.364 e. The third kappa shape index (κ3) is 3.80. The van der Waals surface area contributed by atoms with E-state index in [-0.39, 0.29) is 11.9 Å². The van der Waals surface area contributed by atoms with Crippen molar-refractivity contribution in [1.29, 1.82) is 0 Å². The van der Waals surface area contributed by atoms with Gasteiger partial charge in [-0.25, -0.2) is 4.98 Å². The summed E-state index contributed by atoms with van der Waals surface area (Å²) in [6.07, 6.45) is 1.89. The number of rotatable bonds is 2. The van der Waals surface area contributed by atoms with Crippen molar-refractivity contribution in [2.24, 2.45) is 0 Å². The highest BCUT2D eigenvalue weighted by molar-refractivity contribution is 7.99. The van der Waals surface area contributed by atoms with Gasteiger partial charge in [0.25, 0.3) is 0 Å². The number of thioether (sulfide) groups is 1. The molecule has 0 radical (unpaired) electrons. The predicted octanol–water partition coefficient (Wildman–Crippen LogP) is 2.84. The van der Waals surface area contributed by atoms with Gasteiger partial charge < -0.3 is 10.2 Å². The molecule has 0 saturated carbocycles. The van der Waals surface area contributed by atoms with Gasteiger partial charge in [0.05, 0.1) is 10.6 Å². The maximum atomic E-state index is 11.3. The highest BCUT2D eigenvalue weighted by atomic mass is 35.5. The number of likely N-dealkylation sites (tertiary alicyclic amines) is 1. The summed E-state index contributed by atoms with van der Waals surface area (Å²) in [7, 11) is 0. The Bertz CT molecular complexity index is 526. The molecule has 1 aromatic heterocycles. The van der Waals surface area contributed by atoms with Gasteiger partial charge in [-0.1, -0.05) is 13.8 Å². The predicted molar refractivity (Wildman–Crippen MR) is 87.1 cm³/mol. The van der Waals surface area contributed by atoms with Crippen molar-refractivity contribution in [1.82, 2.24) is 14.9 Å². The van der Waals surface area contributed by atoms with Gasteiger partial charge in [0.15, 0.2) is 0 Å². The van der Waals surface area contributed by atoms with Crippen LogP contribution < -0.4 is 5.32 Å². The van der Waals surface area contributed by atoms with Crippen LogP contribution in [-0.2, 0) is 11.2 Å². The first kappa shape index (κ1) is 16.4. The lowest BCUT2D eigenvalue weighted by Gasteiger charge is -2.17. The van der Waals surface area contributed by atoms with Crippen LogP contribution in [0.1, 0.15) is 32.9 Å². The summed E-state index contributed by atoms with van der Waals surface area (Å²) in [6, 6.07) is 0.250. The lowest BCUT2D eigenvalue weighted by Crippen LogP contribution is -2.30. The molecule has 0 aliphatic carbocycles. The maximum absolute atomic E-state index is 11.3. The van der Waals surface area contributed by atoms with E-state index < -0.39 is 0 Å². The molecule has 2 aliphatic heterocycles. The van der Waals surface area contributed by atoms with Crippen molar-refractivity contribution in [3.8, 4) is 0 Å². The Kier molecular flexibility index (Phi) is 5.70. The Balaban J connectivity index is 0.000000774. The van der Waals surface area contributed by atoms with Gasteiger partial charge in [-0.2, -0.15) is 4.98 Å². The Morgan fingerprint density at radius 1 is 1.43 bits per heavy atom. The van der Waals surface area contributed by atoms with Crippen molar-refractivity contribution in [3.05, 3.63) is 11.0 Å². The fraction of sp³-hybridized carbons (Fsp3) is 0.643. The molecule has 1 fully saturated rings. The number of aromatic nitrogens is 2. The summed E-state index contributed by atoms with van der Waals surface area (Å²) in [5, 5.41) is 3.71. The van der Waals surface area contributed by atoms with Gasteiger partial charge >= 0.3 is 0 Å². The molecule has 3 rings (SSSR count). The van der Waals surface area contributed by atoms with Gasteiger partial charge in [0, 0.05) is 38.2 Å². The van der Waals surface area contributed by atoms with Crippen LogP contribution in [0.5, 0.6) is 0 Å². The second-order valence-electron chi connectivity index (χ2n) is 4.81. The first-order chi connectivity index (χ1) is 10.1. The molecule has 1 amide bonds. The van der Waals surface area contributed by atoms with E-state index in [1.54, 1.807) is 18.7 Å². The number of fused-ring (bicyclic) bond motifs is 1. The first-order valence-electron chi connectivity index (χ1n) is 7.35. The van der Waals surface area contributed by atoms with Gasteiger partial charge in [0.1, 0.15) is 5.82 Å². The van der Waals surface area contributed by atoms with E-state index in [2.05, 4.69) is 15.3 Å². The highest BCUT2D eigenvalue weighted by Gasteiger charge is 2.27. The molecule has 1 N–H and O–H groups in total. The van der Waals surface area contributed by atoms with Gasteiger partial charge in [0.2, 0.25) is 11.2 Å². The van der Waals surface area contributed by atoms with Gasteiger partial charge in [-0.3, -0.25) is 4.79 Å². The topological polar surface area (TPSA) is 58.1 Å². The van der Waals surface area contributed by atoms with Crippen LogP contribution in [0.15, 0.2) is 4.90 Å². The zero-order valence-electron chi connectivity index (χ0n) is 12.6. The summed E-state index contributed by atoms with van der Waals surface area (Å²) in [4.78, 5) is 22.9. The van der Waals surface area contributed by atoms with Crippen LogP contribution in [0.3, 0.4) is 0 Å². The summed E-state index contributed by atoms with van der Waals surface area (Å²) in [5.41, 5.74) is 1.04. The molecule has 0 aromatic carbocycles. The van der Waals surface area contributed by atoms with Crippen LogP contribution in [-0.4, -0.2) is 45.7 Å². The van der Waals surface area contributed by atoms with E-state index in [0.717, 1.165) is 48.1 Å². The number of carbonyl (C=O) groups is 1. The number of hydrogen-bond acceptors (Lipinski definition) is 5. The van der Waals surface area contributed by atoms with Gasteiger partial charge in [-0.15, -0.1) is 11.8 Å². The van der Waals surface area contributed by atoms with E-state index in [1.165, 1.54) is 0 Å². The van der Waals surface area contributed by atoms with Crippen molar-refractivity contribution in [2.75, 3.05) is 24.2 Å². The highest BCUT2D eigenvalue weighted by Crippen LogP contribution is 2.36. The average Bonchev–Trinajstić information content (AvgIpc) is 3.09. The monoisotopic (exact) mass is 328 g/mol. The summed E-state index contributed by atoms with van der Waals surface area (Å²) in [5.74, 6) is 1.99. The summed E-state index contributed by atoms with van der Waals surface area (Å²) < 4.78 is 0. The molecule has 5 nitrogen and oxygen atoms in total.